The van der Waals surface area contributed by atoms with Gasteiger partial charge in [0.1, 0.15) is 0 Å². The van der Waals surface area contributed by atoms with Crippen LogP contribution in [0.25, 0.3) is 0 Å². The third-order valence-corrected chi connectivity index (χ3v) is 6.44. The van der Waals surface area contributed by atoms with Crippen molar-refractivity contribution < 1.29 is 19.1 Å². The zero-order valence-electron chi connectivity index (χ0n) is 16.6. The number of carbonyl (C=O) groups is 3. The number of imide groups is 1. The van der Waals surface area contributed by atoms with Crippen LogP contribution in [0.4, 0.5) is 5.69 Å². The fraction of sp³-hybridized carbons (Fsp3) is 0.591. The monoisotopic (exact) mass is 397 g/mol. The summed E-state index contributed by atoms with van der Waals surface area (Å²) in [5.74, 6) is -0.425. The van der Waals surface area contributed by atoms with Gasteiger partial charge < -0.3 is 15.0 Å². The van der Waals surface area contributed by atoms with E-state index in [-0.39, 0.29) is 29.7 Å². The number of benzene rings is 1. The van der Waals surface area contributed by atoms with E-state index in [4.69, 9.17) is 4.74 Å². The largest absolute Gasteiger partial charge is 0.376 e. The fourth-order valence-corrected chi connectivity index (χ4v) is 4.69. The summed E-state index contributed by atoms with van der Waals surface area (Å²) >= 11 is 0. The van der Waals surface area contributed by atoms with E-state index in [1.165, 1.54) is 4.90 Å². The topological polar surface area (TPSA) is 79.0 Å². The highest BCUT2D eigenvalue weighted by Gasteiger charge is 2.41. The van der Waals surface area contributed by atoms with Crippen LogP contribution in [0.5, 0.6) is 0 Å². The Morgan fingerprint density at radius 2 is 1.97 bits per heavy atom. The lowest BCUT2D eigenvalue weighted by Crippen LogP contribution is -2.44. The van der Waals surface area contributed by atoms with E-state index in [0.717, 1.165) is 50.8 Å². The van der Waals surface area contributed by atoms with Gasteiger partial charge in [0.25, 0.3) is 11.8 Å². The van der Waals surface area contributed by atoms with Gasteiger partial charge in [0.05, 0.1) is 35.4 Å². The number of anilines is 1. The molecule has 0 bridgehead atoms. The molecule has 1 saturated carbocycles. The minimum atomic E-state index is -0.236. The maximum Gasteiger partial charge on any atom is 0.263 e. The molecule has 0 unspecified atom stereocenters. The first-order valence-electron chi connectivity index (χ1n) is 10.8. The second-order valence-electron chi connectivity index (χ2n) is 8.62. The van der Waals surface area contributed by atoms with Crippen LogP contribution in [0, 0.1) is 5.92 Å². The van der Waals surface area contributed by atoms with Crippen LogP contribution in [0.2, 0.25) is 0 Å². The summed E-state index contributed by atoms with van der Waals surface area (Å²) < 4.78 is 5.63. The summed E-state index contributed by atoms with van der Waals surface area (Å²) in [5, 5.41) is 3.10. The fourth-order valence-electron chi connectivity index (χ4n) is 4.69. The summed E-state index contributed by atoms with van der Waals surface area (Å²) in [7, 11) is 0. The number of rotatable bonds is 5. The van der Waals surface area contributed by atoms with Crippen LogP contribution in [-0.2, 0) is 9.53 Å². The Hall–Kier alpha value is -2.41. The van der Waals surface area contributed by atoms with Crippen molar-refractivity contribution in [2.45, 2.75) is 50.7 Å². The molecule has 1 aromatic rings. The predicted molar refractivity (Wildman–Crippen MR) is 107 cm³/mol. The summed E-state index contributed by atoms with van der Waals surface area (Å²) in [6.07, 6.45) is 5.69. The SMILES string of the molecule is O=C(NC1CC1)[C@@H]1CCCN(c2cccc3c2C(=O)N(C[C@@H]2CCCO2)C3=O)C1. The van der Waals surface area contributed by atoms with Crippen LogP contribution < -0.4 is 10.2 Å². The molecular formula is C22H27N3O4. The summed E-state index contributed by atoms with van der Waals surface area (Å²) in [5.41, 5.74) is 1.73. The van der Waals surface area contributed by atoms with Gasteiger partial charge in [-0.2, -0.15) is 0 Å². The third kappa shape index (κ3) is 3.52. The molecule has 7 heteroatoms. The van der Waals surface area contributed by atoms with Gasteiger partial charge in [0.15, 0.2) is 0 Å². The number of amides is 3. The number of hydrogen-bond donors (Lipinski definition) is 1. The normalized spacial score (nSPS) is 26.8. The van der Waals surface area contributed by atoms with Crippen molar-refractivity contribution in [3.63, 3.8) is 0 Å². The maximum atomic E-state index is 13.2. The lowest BCUT2D eigenvalue weighted by Gasteiger charge is -2.34. The average molecular weight is 397 g/mol. The Morgan fingerprint density at radius 1 is 1.10 bits per heavy atom. The van der Waals surface area contributed by atoms with E-state index in [9.17, 15) is 14.4 Å². The maximum absolute atomic E-state index is 13.2. The first kappa shape index (κ1) is 18.6. The Kier molecular flexibility index (Phi) is 4.78. The van der Waals surface area contributed by atoms with Crippen molar-refractivity contribution in [1.29, 1.82) is 0 Å². The van der Waals surface area contributed by atoms with Crippen molar-refractivity contribution in [3.05, 3.63) is 29.3 Å². The molecule has 1 aliphatic carbocycles. The van der Waals surface area contributed by atoms with Gasteiger partial charge >= 0.3 is 0 Å². The lowest BCUT2D eigenvalue weighted by atomic mass is 9.95. The number of nitrogens with one attached hydrogen (secondary N) is 1. The predicted octanol–water partition coefficient (Wildman–Crippen LogP) is 1.96. The molecule has 0 aromatic heterocycles. The van der Waals surface area contributed by atoms with Gasteiger partial charge in [0, 0.05) is 25.7 Å². The summed E-state index contributed by atoms with van der Waals surface area (Å²) in [6.45, 7) is 2.38. The van der Waals surface area contributed by atoms with Crippen molar-refractivity contribution >= 4 is 23.4 Å². The molecular weight excluding hydrogens is 370 g/mol. The number of hydrogen-bond acceptors (Lipinski definition) is 5. The van der Waals surface area contributed by atoms with Crippen LogP contribution >= 0.6 is 0 Å². The lowest BCUT2D eigenvalue weighted by molar-refractivity contribution is -0.125. The van der Waals surface area contributed by atoms with Gasteiger partial charge in [-0.3, -0.25) is 19.3 Å². The van der Waals surface area contributed by atoms with E-state index < -0.39 is 0 Å². The van der Waals surface area contributed by atoms with Gasteiger partial charge in [-0.05, 0) is 50.7 Å². The first-order valence-corrected chi connectivity index (χ1v) is 10.8. The number of nitrogens with zero attached hydrogens (tertiary/aromatic N) is 2. The molecule has 7 nitrogen and oxygen atoms in total. The molecule has 3 aliphatic heterocycles. The molecule has 0 spiro atoms. The van der Waals surface area contributed by atoms with E-state index in [0.29, 0.717) is 36.9 Å². The first-order chi connectivity index (χ1) is 14.1. The molecule has 154 valence electrons. The third-order valence-electron chi connectivity index (χ3n) is 6.44. The van der Waals surface area contributed by atoms with Gasteiger partial charge in [0.2, 0.25) is 5.91 Å². The molecule has 2 saturated heterocycles. The zero-order chi connectivity index (χ0) is 20.0. The molecule has 3 fully saturated rings. The van der Waals surface area contributed by atoms with Gasteiger partial charge in [-0.1, -0.05) is 6.07 Å². The highest BCUT2D eigenvalue weighted by molar-refractivity contribution is 6.23. The number of fused-ring (bicyclic) bond motifs is 1. The van der Waals surface area contributed by atoms with Crippen molar-refractivity contribution in [1.82, 2.24) is 10.2 Å². The summed E-state index contributed by atoms with van der Waals surface area (Å²) in [6, 6.07) is 5.82. The summed E-state index contributed by atoms with van der Waals surface area (Å²) in [4.78, 5) is 42.1. The van der Waals surface area contributed by atoms with Crippen LogP contribution in [-0.4, -0.2) is 61.0 Å². The molecule has 3 amide bonds. The molecule has 0 radical (unpaired) electrons. The second-order valence-corrected chi connectivity index (χ2v) is 8.62. The Labute approximate surface area is 170 Å². The smallest absolute Gasteiger partial charge is 0.263 e. The molecule has 29 heavy (non-hydrogen) atoms. The van der Waals surface area contributed by atoms with E-state index in [2.05, 4.69) is 10.2 Å². The zero-order valence-corrected chi connectivity index (χ0v) is 16.6. The number of ether oxygens (including phenoxy) is 1. The quantitative estimate of drug-likeness (QED) is 0.769. The van der Waals surface area contributed by atoms with Crippen LogP contribution in [0.3, 0.4) is 0 Å². The van der Waals surface area contributed by atoms with Crippen LogP contribution in [0.1, 0.15) is 59.2 Å². The van der Waals surface area contributed by atoms with Crippen LogP contribution in [0.15, 0.2) is 18.2 Å². The van der Waals surface area contributed by atoms with Gasteiger partial charge in [-0.25, -0.2) is 0 Å². The van der Waals surface area contributed by atoms with E-state index in [1.807, 2.05) is 12.1 Å². The molecule has 4 aliphatic rings. The molecule has 2 atom stereocenters. The Bertz CT molecular complexity index is 844. The van der Waals surface area contributed by atoms with Crippen molar-refractivity contribution in [2.75, 3.05) is 31.1 Å². The molecule has 1 N–H and O–H groups in total. The van der Waals surface area contributed by atoms with Crippen molar-refractivity contribution in [3.8, 4) is 0 Å². The average Bonchev–Trinajstić information content (AvgIpc) is 3.34. The minimum absolute atomic E-state index is 0.0638. The molecule has 3 heterocycles. The van der Waals surface area contributed by atoms with Crippen molar-refractivity contribution in [2.24, 2.45) is 5.92 Å². The highest BCUT2D eigenvalue weighted by atomic mass is 16.5. The second kappa shape index (κ2) is 7.44. The standard InChI is InChI=1S/C22H27N3O4/c26-20(23-15-8-9-15)14-4-2-10-24(12-14)18-7-1-6-17-19(18)22(28)25(21(17)27)13-16-5-3-11-29-16/h1,6-7,14-16H,2-5,8-13H2,(H,23,26)/t14-,16+/m1/s1. The minimum Gasteiger partial charge on any atom is -0.376 e. The number of carbonyl (C=O) groups excluding carboxylic acids is 3. The van der Waals surface area contributed by atoms with Gasteiger partial charge in [-0.15, -0.1) is 0 Å². The Balaban J connectivity index is 1.36. The molecule has 5 rings (SSSR count). The van der Waals surface area contributed by atoms with E-state index >= 15 is 0 Å². The Morgan fingerprint density at radius 3 is 2.72 bits per heavy atom. The van der Waals surface area contributed by atoms with E-state index in [1.54, 1.807) is 6.07 Å². The highest BCUT2D eigenvalue weighted by Crippen LogP contribution is 2.35. The number of piperidine rings is 1. The molecule has 1 aromatic carbocycles.